The second-order valence-corrected chi connectivity index (χ2v) is 8.60. The SMILES string of the molecule is Cc1c([C@@H]2[C@H](c3ccccn3)NC(=S)N2c2ccccc2)c(C)n(-c2ccccc2)c1C. The molecule has 1 fully saturated rings. The second-order valence-electron chi connectivity index (χ2n) is 8.21. The van der Waals surface area contributed by atoms with Crippen molar-refractivity contribution in [1.29, 1.82) is 0 Å². The molecule has 0 bridgehead atoms. The number of para-hydroxylation sites is 2. The van der Waals surface area contributed by atoms with E-state index in [-0.39, 0.29) is 12.1 Å². The average molecular weight is 439 g/mol. The predicted molar refractivity (Wildman–Crippen MR) is 134 cm³/mol. The summed E-state index contributed by atoms with van der Waals surface area (Å²) in [5.41, 5.74) is 8.28. The molecular formula is C27H26N4S. The van der Waals surface area contributed by atoms with Crippen LogP contribution in [0.5, 0.6) is 0 Å². The average Bonchev–Trinajstić information content (AvgIpc) is 3.28. The van der Waals surface area contributed by atoms with Crippen LogP contribution in [0.1, 0.15) is 40.3 Å². The van der Waals surface area contributed by atoms with Crippen LogP contribution < -0.4 is 10.2 Å². The molecule has 4 aromatic rings. The minimum Gasteiger partial charge on any atom is -0.351 e. The van der Waals surface area contributed by atoms with Crippen molar-refractivity contribution in [3.05, 3.63) is 113 Å². The predicted octanol–water partition coefficient (Wildman–Crippen LogP) is 5.97. The van der Waals surface area contributed by atoms with Gasteiger partial charge < -0.3 is 14.8 Å². The van der Waals surface area contributed by atoms with Gasteiger partial charge in [-0.05, 0) is 75.0 Å². The summed E-state index contributed by atoms with van der Waals surface area (Å²) in [7, 11) is 0. The van der Waals surface area contributed by atoms with Crippen LogP contribution in [0.25, 0.3) is 5.69 Å². The van der Waals surface area contributed by atoms with Gasteiger partial charge >= 0.3 is 0 Å². The van der Waals surface area contributed by atoms with E-state index in [0.717, 1.165) is 16.5 Å². The molecule has 3 heterocycles. The Morgan fingerprint density at radius 3 is 2.03 bits per heavy atom. The number of benzene rings is 2. The molecule has 2 atom stereocenters. The van der Waals surface area contributed by atoms with Gasteiger partial charge in [0.25, 0.3) is 0 Å². The van der Waals surface area contributed by atoms with E-state index in [0.29, 0.717) is 0 Å². The van der Waals surface area contributed by atoms with Gasteiger partial charge in [-0.2, -0.15) is 0 Å². The van der Waals surface area contributed by atoms with Gasteiger partial charge in [-0.25, -0.2) is 0 Å². The molecule has 0 spiro atoms. The smallest absolute Gasteiger partial charge is 0.174 e. The van der Waals surface area contributed by atoms with Gasteiger partial charge in [0.2, 0.25) is 0 Å². The lowest BCUT2D eigenvalue weighted by molar-refractivity contribution is 0.563. The van der Waals surface area contributed by atoms with Crippen LogP contribution in [0.4, 0.5) is 5.69 Å². The molecule has 160 valence electrons. The van der Waals surface area contributed by atoms with Crippen molar-refractivity contribution in [2.75, 3.05) is 4.90 Å². The Morgan fingerprint density at radius 2 is 1.41 bits per heavy atom. The Kier molecular flexibility index (Phi) is 5.27. The number of pyridine rings is 1. The summed E-state index contributed by atoms with van der Waals surface area (Å²) in [6, 6.07) is 26.9. The van der Waals surface area contributed by atoms with E-state index < -0.39 is 0 Å². The highest BCUT2D eigenvalue weighted by Gasteiger charge is 2.43. The monoisotopic (exact) mass is 438 g/mol. The summed E-state index contributed by atoms with van der Waals surface area (Å²) >= 11 is 5.88. The highest BCUT2D eigenvalue weighted by molar-refractivity contribution is 7.80. The van der Waals surface area contributed by atoms with E-state index in [1.165, 1.54) is 28.2 Å². The number of thiocarbonyl (C=S) groups is 1. The third-order valence-corrected chi connectivity index (χ3v) is 6.76. The van der Waals surface area contributed by atoms with Crippen molar-refractivity contribution in [2.45, 2.75) is 32.9 Å². The van der Waals surface area contributed by atoms with Gasteiger partial charge in [0, 0.05) is 34.5 Å². The van der Waals surface area contributed by atoms with Gasteiger partial charge in [-0.1, -0.05) is 42.5 Å². The molecule has 5 heteroatoms. The molecule has 0 unspecified atom stereocenters. The number of anilines is 1. The van der Waals surface area contributed by atoms with Gasteiger partial charge in [0.15, 0.2) is 5.11 Å². The first-order valence-electron chi connectivity index (χ1n) is 10.9. The Balaban J connectivity index is 1.73. The molecule has 1 aliphatic rings. The van der Waals surface area contributed by atoms with Crippen LogP contribution in [0.3, 0.4) is 0 Å². The number of hydrogen-bond donors (Lipinski definition) is 1. The second kappa shape index (κ2) is 8.24. The first kappa shape index (κ1) is 20.5. The normalized spacial score (nSPS) is 18.1. The molecule has 1 N–H and O–H groups in total. The molecule has 1 aliphatic heterocycles. The van der Waals surface area contributed by atoms with Crippen molar-refractivity contribution in [3.63, 3.8) is 0 Å². The number of rotatable bonds is 4. The van der Waals surface area contributed by atoms with Crippen molar-refractivity contribution >= 4 is 23.0 Å². The molecule has 0 amide bonds. The summed E-state index contributed by atoms with van der Waals surface area (Å²) < 4.78 is 2.35. The summed E-state index contributed by atoms with van der Waals surface area (Å²) in [6.07, 6.45) is 1.85. The third-order valence-electron chi connectivity index (χ3n) is 6.45. The summed E-state index contributed by atoms with van der Waals surface area (Å²) in [4.78, 5) is 6.94. The highest BCUT2D eigenvalue weighted by Crippen LogP contribution is 2.45. The van der Waals surface area contributed by atoms with E-state index in [2.05, 4.69) is 96.2 Å². The molecule has 1 saturated heterocycles. The van der Waals surface area contributed by atoms with Gasteiger partial charge in [0.1, 0.15) is 0 Å². The topological polar surface area (TPSA) is 33.1 Å². The van der Waals surface area contributed by atoms with E-state index in [9.17, 15) is 0 Å². The lowest BCUT2D eigenvalue weighted by atomic mass is 9.93. The van der Waals surface area contributed by atoms with Crippen molar-refractivity contribution in [3.8, 4) is 5.69 Å². The largest absolute Gasteiger partial charge is 0.351 e. The molecule has 0 radical (unpaired) electrons. The molecule has 2 aromatic heterocycles. The zero-order valence-electron chi connectivity index (χ0n) is 18.5. The van der Waals surface area contributed by atoms with Gasteiger partial charge in [-0.3, -0.25) is 4.98 Å². The minimum absolute atomic E-state index is 0.0107. The zero-order chi connectivity index (χ0) is 22.2. The fraction of sp³-hybridized carbons (Fsp3) is 0.185. The van der Waals surface area contributed by atoms with Crippen LogP contribution in [0, 0.1) is 20.8 Å². The van der Waals surface area contributed by atoms with E-state index >= 15 is 0 Å². The van der Waals surface area contributed by atoms with Crippen LogP contribution in [0.15, 0.2) is 85.1 Å². The zero-order valence-corrected chi connectivity index (χ0v) is 19.3. The van der Waals surface area contributed by atoms with Crippen molar-refractivity contribution in [1.82, 2.24) is 14.9 Å². The molecule has 32 heavy (non-hydrogen) atoms. The van der Waals surface area contributed by atoms with Crippen LogP contribution in [0.2, 0.25) is 0 Å². The lowest BCUT2D eigenvalue weighted by Crippen LogP contribution is -2.29. The summed E-state index contributed by atoms with van der Waals surface area (Å²) in [5, 5.41) is 4.30. The first-order chi connectivity index (χ1) is 15.6. The number of hydrogen-bond acceptors (Lipinski definition) is 2. The van der Waals surface area contributed by atoms with Crippen LogP contribution in [-0.2, 0) is 0 Å². The number of nitrogens with one attached hydrogen (secondary N) is 1. The van der Waals surface area contributed by atoms with Crippen LogP contribution in [-0.4, -0.2) is 14.7 Å². The summed E-state index contributed by atoms with van der Waals surface area (Å²) in [5.74, 6) is 0. The molecule has 0 saturated carbocycles. The van der Waals surface area contributed by atoms with Gasteiger partial charge in [0.05, 0.1) is 17.8 Å². The first-order valence-corrected chi connectivity index (χ1v) is 11.3. The van der Waals surface area contributed by atoms with Gasteiger partial charge in [-0.15, -0.1) is 0 Å². The molecule has 0 aliphatic carbocycles. The van der Waals surface area contributed by atoms with E-state index in [1.54, 1.807) is 0 Å². The van der Waals surface area contributed by atoms with Crippen molar-refractivity contribution in [2.24, 2.45) is 0 Å². The maximum atomic E-state index is 5.88. The Labute approximate surface area is 194 Å². The Bertz CT molecular complexity index is 1250. The standard InChI is InChI=1S/C27H26N4S/c1-18-19(2)30(21-12-6-4-7-13-21)20(3)24(18)26-25(23-16-10-11-17-28-23)29-27(32)31(26)22-14-8-5-9-15-22/h4-17,25-26H,1-3H3,(H,29,32)/t25-,26+/m0/s1. The Hall–Kier alpha value is -3.44. The third kappa shape index (κ3) is 3.30. The van der Waals surface area contributed by atoms with Crippen LogP contribution >= 0.6 is 12.2 Å². The molecular weight excluding hydrogens is 412 g/mol. The number of nitrogens with zero attached hydrogens (tertiary/aromatic N) is 3. The fourth-order valence-corrected chi connectivity index (χ4v) is 5.27. The maximum absolute atomic E-state index is 5.88. The maximum Gasteiger partial charge on any atom is 0.174 e. The number of aromatic nitrogens is 2. The summed E-state index contributed by atoms with van der Waals surface area (Å²) in [6.45, 7) is 6.63. The van der Waals surface area contributed by atoms with Crippen molar-refractivity contribution < 1.29 is 0 Å². The van der Waals surface area contributed by atoms with E-state index in [4.69, 9.17) is 17.2 Å². The Morgan fingerprint density at radius 1 is 0.781 bits per heavy atom. The minimum atomic E-state index is -0.0488. The quantitative estimate of drug-likeness (QED) is 0.398. The molecule has 5 rings (SSSR count). The molecule has 4 nitrogen and oxygen atoms in total. The fourth-order valence-electron chi connectivity index (χ4n) is 4.92. The highest BCUT2D eigenvalue weighted by atomic mass is 32.1. The molecule has 2 aromatic carbocycles. The lowest BCUT2D eigenvalue weighted by Gasteiger charge is -2.29. The van der Waals surface area contributed by atoms with E-state index in [1.807, 2.05) is 24.4 Å².